The molecule has 2 saturated carbocycles. The average molecular weight is 469 g/mol. The van der Waals surface area contributed by atoms with E-state index in [-0.39, 0.29) is 0 Å². The van der Waals surface area contributed by atoms with E-state index in [0.717, 1.165) is 36.0 Å². The number of benzene rings is 1. The standard InChI is InChI=1S/C33H56O/c1-3-5-7-12-28-17-19-29(20-18-28)21-22-30-23-25-33(26-24-30)34-27-11-16-32-15-10-9-14-31(32)13-8-6-4-2/h23-26,28-29,31-32H,3-22,27H2,1-2H3. The summed E-state index contributed by atoms with van der Waals surface area (Å²) in [6.07, 6.45) is 28.4. The molecular weight excluding hydrogens is 412 g/mol. The van der Waals surface area contributed by atoms with Gasteiger partial charge in [0.25, 0.3) is 0 Å². The van der Waals surface area contributed by atoms with Crippen molar-refractivity contribution in [3.05, 3.63) is 29.8 Å². The molecular formula is C33H56O. The van der Waals surface area contributed by atoms with Gasteiger partial charge < -0.3 is 4.74 Å². The predicted octanol–water partition coefficient (Wildman–Crippen LogP) is 10.6. The van der Waals surface area contributed by atoms with Gasteiger partial charge >= 0.3 is 0 Å². The van der Waals surface area contributed by atoms with Gasteiger partial charge in [-0.2, -0.15) is 0 Å². The maximum Gasteiger partial charge on any atom is 0.119 e. The fraction of sp³-hybridized carbons (Fsp3) is 0.818. The largest absolute Gasteiger partial charge is 0.494 e. The molecule has 0 heterocycles. The van der Waals surface area contributed by atoms with Crippen LogP contribution in [0.15, 0.2) is 24.3 Å². The maximum atomic E-state index is 6.13. The highest BCUT2D eigenvalue weighted by molar-refractivity contribution is 5.27. The lowest BCUT2D eigenvalue weighted by Crippen LogP contribution is -2.20. The van der Waals surface area contributed by atoms with Crippen LogP contribution >= 0.6 is 0 Å². The first-order valence-electron chi connectivity index (χ1n) is 15.5. The van der Waals surface area contributed by atoms with Crippen LogP contribution in [0.1, 0.15) is 141 Å². The monoisotopic (exact) mass is 468 g/mol. The third-order valence-corrected chi connectivity index (χ3v) is 9.18. The molecule has 0 saturated heterocycles. The van der Waals surface area contributed by atoms with E-state index in [9.17, 15) is 0 Å². The predicted molar refractivity (Wildman–Crippen MR) is 149 cm³/mol. The first-order chi connectivity index (χ1) is 16.8. The van der Waals surface area contributed by atoms with Gasteiger partial charge in [-0.05, 0) is 67.1 Å². The van der Waals surface area contributed by atoms with Crippen molar-refractivity contribution in [2.24, 2.45) is 23.7 Å². The summed E-state index contributed by atoms with van der Waals surface area (Å²) in [6, 6.07) is 9.06. The lowest BCUT2D eigenvalue weighted by Gasteiger charge is -2.31. The summed E-state index contributed by atoms with van der Waals surface area (Å²) in [5.74, 6) is 5.02. The molecule has 2 fully saturated rings. The van der Waals surface area contributed by atoms with Crippen molar-refractivity contribution in [1.29, 1.82) is 0 Å². The van der Waals surface area contributed by atoms with E-state index < -0.39 is 0 Å². The van der Waals surface area contributed by atoms with E-state index in [1.54, 1.807) is 0 Å². The summed E-state index contributed by atoms with van der Waals surface area (Å²) < 4.78 is 6.13. The minimum Gasteiger partial charge on any atom is -0.494 e. The van der Waals surface area contributed by atoms with Crippen molar-refractivity contribution in [3.63, 3.8) is 0 Å². The van der Waals surface area contributed by atoms with Gasteiger partial charge in [0.1, 0.15) is 5.75 Å². The number of hydrogen-bond donors (Lipinski definition) is 0. The zero-order valence-electron chi connectivity index (χ0n) is 22.9. The molecule has 2 unspecified atom stereocenters. The van der Waals surface area contributed by atoms with E-state index in [0.29, 0.717) is 0 Å². The van der Waals surface area contributed by atoms with Crippen LogP contribution in [0.25, 0.3) is 0 Å². The van der Waals surface area contributed by atoms with Crippen LogP contribution in [-0.4, -0.2) is 6.61 Å². The Bertz CT molecular complexity index is 612. The molecule has 1 aromatic carbocycles. The van der Waals surface area contributed by atoms with Gasteiger partial charge in [0.2, 0.25) is 0 Å². The molecule has 3 rings (SSSR count). The number of ether oxygens (including phenoxy) is 1. The smallest absolute Gasteiger partial charge is 0.119 e. The third-order valence-electron chi connectivity index (χ3n) is 9.18. The van der Waals surface area contributed by atoms with E-state index in [1.165, 1.54) is 134 Å². The normalized spacial score (nSPS) is 25.4. The van der Waals surface area contributed by atoms with Crippen molar-refractivity contribution in [1.82, 2.24) is 0 Å². The van der Waals surface area contributed by atoms with Crippen LogP contribution in [0.2, 0.25) is 0 Å². The van der Waals surface area contributed by atoms with Crippen molar-refractivity contribution < 1.29 is 4.74 Å². The Morgan fingerprint density at radius 3 is 1.79 bits per heavy atom. The fourth-order valence-corrected chi connectivity index (χ4v) is 6.85. The highest BCUT2D eigenvalue weighted by Crippen LogP contribution is 2.37. The highest BCUT2D eigenvalue weighted by atomic mass is 16.5. The molecule has 1 nitrogen and oxygen atoms in total. The molecule has 2 atom stereocenters. The molecule has 2 aliphatic carbocycles. The lowest BCUT2D eigenvalue weighted by molar-refractivity contribution is 0.190. The summed E-state index contributed by atoms with van der Waals surface area (Å²) in [5, 5.41) is 0. The number of rotatable bonds is 16. The quantitative estimate of drug-likeness (QED) is 0.219. The summed E-state index contributed by atoms with van der Waals surface area (Å²) in [6.45, 7) is 5.53. The van der Waals surface area contributed by atoms with Gasteiger partial charge in [0.05, 0.1) is 6.61 Å². The van der Waals surface area contributed by atoms with E-state index in [1.807, 2.05) is 0 Å². The third kappa shape index (κ3) is 10.3. The zero-order chi connectivity index (χ0) is 23.8. The maximum absolute atomic E-state index is 6.13. The minimum absolute atomic E-state index is 0.888. The van der Waals surface area contributed by atoms with Gasteiger partial charge in [-0.15, -0.1) is 0 Å². The SMILES string of the molecule is CCCCCC1CCC(CCc2ccc(OCCCC3CCCCC3CCCCC)cc2)CC1. The Morgan fingerprint density at radius 2 is 1.18 bits per heavy atom. The van der Waals surface area contributed by atoms with Crippen LogP contribution in [0.3, 0.4) is 0 Å². The molecule has 1 aromatic rings. The molecule has 34 heavy (non-hydrogen) atoms. The van der Waals surface area contributed by atoms with Crippen LogP contribution in [0.4, 0.5) is 0 Å². The summed E-state index contributed by atoms with van der Waals surface area (Å²) in [7, 11) is 0. The fourth-order valence-electron chi connectivity index (χ4n) is 6.85. The Kier molecular flexibility index (Phi) is 13.5. The summed E-state index contributed by atoms with van der Waals surface area (Å²) >= 11 is 0. The molecule has 1 heteroatoms. The van der Waals surface area contributed by atoms with Crippen molar-refractivity contribution in [3.8, 4) is 5.75 Å². The Hall–Kier alpha value is -0.980. The van der Waals surface area contributed by atoms with Crippen LogP contribution in [0.5, 0.6) is 5.75 Å². The summed E-state index contributed by atoms with van der Waals surface area (Å²) in [4.78, 5) is 0. The van der Waals surface area contributed by atoms with Gasteiger partial charge in [0.15, 0.2) is 0 Å². The average Bonchev–Trinajstić information content (AvgIpc) is 2.88. The highest BCUT2D eigenvalue weighted by Gasteiger charge is 2.24. The van der Waals surface area contributed by atoms with Crippen LogP contribution in [0, 0.1) is 23.7 Å². The molecule has 0 spiro atoms. The molecule has 194 valence electrons. The van der Waals surface area contributed by atoms with Crippen molar-refractivity contribution in [2.75, 3.05) is 6.61 Å². The van der Waals surface area contributed by atoms with Crippen LogP contribution in [-0.2, 0) is 6.42 Å². The summed E-state index contributed by atoms with van der Waals surface area (Å²) in [5.41, 5.74) is 1.49. The second kappa shape index (κ2) is 16.6. The first kappa shape index (κ1) is 27.6. The minimum atomic E-state index is 0.888. The Labute approximate surface area is 212 Å². The Morgan fingerprint density at radius 1 is 0.618 bits per heavy atom. The molecule has 0 aliphatic heterocycles. The first-order valence-corrected chi connectivity index (χ1v) is 15.5. The van der Waals surface area contributed by atoms with Gasteiger partial charge in [-0.25, -0.2) is 0 Å². The van der Waals surface area contributed by atoms with E-state index >= 15 is 0 Å². The second-order valence-corrected chi connectivity index (χ2v) is 11.9. The van der Waals surface area contributed by atoms with Crippen molar-refractivity contribution >= 4 is 0 Å². The molecule has 0 amide bonds. The molecule has 0 radical (unpaired) electrons. The molecule has 0 aromatic heterocycles. The molecule has 2 aliphatic rings. The van der Waals surface area contributed by atoms with Crippen LogP contribution < -0.4 is 4.74 Å². The lowest BCUT2D eigenvalue weighted by atomic mass is 9.74. The van der Waals surface area contributed by atoms with Gasteiger partial charge in [-0.3, -0.25) is 0 Å². The number of hydrogen-bond acceptors (Lipinski definition) is 1. The van der Waals surface area contributed by atoms with Gasteiger partial charge in [0, 0.05) is 0 Å². The zero-order valence-corrected chi connectivity index (χ0v) is 22.9. The molecule has 0 bridgehead atoms. The molecule has 0 N–H and O–H groups in total. The Balaban J connectivity index is 1.27. The second-order valence-electron chi connectivity index (χ2n) is 11.9. The number of aryl methyl sites for hydroxylation is 1. The van der Waals surface area contributed by atoms with E-state index in [4.69, 9.17) is 4.74 Å². The van der Waals surface area contributed by atoms with E-state index in [2.05, 4.69) is 38.1 Å². The van der Waals surface area contributed by atoms with Gasteiger partial charge in [-0.1, -0.05) is 129 Å². The number of unbranched alkanes of at least 4 members (excludes halogenated alkanes) is 4. The topological polar surface area (TPSA) is 9.23 Å². The van der Waals surface area contributed by atoms with Crippen molar-refractivity contribution in [2.45, 2.75) is 142 Å².